The molecule has 0 unspecified atom stereocenters. The lowest BCUT2D eigenvalue weighted by Crippen LogP contribution is -2.26. The smallest absolute Gasteiger partial charge is 0.263 e. The summed E-state index contributed by atoms with van der Waals surface area (Å²) in [6.45, 7) is 9.64. The maximum Gasteiger partial charge on any atom is 0.263 e. The second-order valence-corrected chi connectivity index (χ2v) is 2.93. The second-order valence-electron chi connectivity index (χ2n) is 2.58. The highest BCUT2D eigenvalue weighted by atomic mass is 35.5. The van der Waals surface area contributed by atoms with Crippen molar-refractivity contribution in [2.75, 3.05) is 11.9 Å². The number of hydrogen-bond donors (Lipinski definition) is 1. The predicted octanol–water partition coefficient (Wildman–Crippen LogP) is 2.82. The van der Waals surface area contributed by atoms with E-state index in [1.54, 1.807) is 6.92 Å². The monoisotopic (exact) mass is 259 g/mol. The lowest BCUT2D eigenvalue weighted by atomic mass is 10.4. The lowest BCUT2D eigenvalue weighted by Gasteiger charge is -2.17. The summed E-state index contributed by atoms with van der Waals surface area (Å²) < 4.78 is 5.05. The number of rotatable bonds is 0. The first-order valence-corrected chi connectivity index (χ1v) is 6.01. The Morgan fingerprint density at radius 3 is 2.41 bits per heavy atom. The van der Waals surface area contributed by atoms with E-state index in [1.807, 2.05) is 27.7 Å². The van der Waals surface area contributed by atoms with Crippen molar-refractivity contribution in [3.63, 3.8) is 0 Å². The summed E-state index contributed by atoms with van der Waals surface area (Å²) in [6, 6.07) is 0. The number of hydrogen-bond acceptors (Lipinski definition) is 4. The third-order valence-electron chi connectivity index (χ3n) is 1.54. The maximum atomic E-state index is 10.9. The number of anilines is 1. The Balaban J connectivity index is 0.000000581. The number of carbonyl (C=O) groups is 1. The molecule has 5 nitrogen and oxygen atoms in total. The standard InChI is InChI=1S/C7H6ClN3O2.2C2H6/c1-3-9-6(8)5-7(10-3)11-4(12)2-13-5;2*1-2/h2H2,1H3,(H,9,10,11,12);2*1-2H3. The summed E-state index contributed by atoms with van der Waals surface area (Å²) in [5.74, 6) is 0.942. The normalized spacial score (nSPS) is 11.8. The van der Waals surface area contributed by atoms with Crippen LogP contribution in [0.3, 0.4) is 0 Å². The third kappa shape index (κ3) is 4.19. The average molecular weight is 260 g/mol. The van der Waals surface area contributed by atoms with Crippen molar-refractivity contribution >= 4 is 23.3 Å². The van der Waals surface area contributed by atoms with Gasteiger partial charge in [-0.3, -0.25) is 4.79 Å². The molecule has 1 aliphatic heterocycles. The SMILES string of the molecule is CC.CC.Cc1nc(Cl)c2c(n1)NC(=O)CO2. The Bertz CT molecular complexity index is 383. The van der Waals surface area contributed by atoms with E-state index in [2.05, 4.69) is 15.3 Å². The van der Waals surface area contributed by atoms with Crippen LogP contribution in [-0.2, 0) is 4.79 Å². The van der Waals surface area contributed by atoms with E-state index in [0.717, 1.165) is 0 Å². The first-order valence-electron chi connectivity index (χ1n) is 5.63. The minimum Gasteiger partial charge on any atom is -0.477 e. The molecule has 2 heterocycles. The fraction of sp³-hybridized carbons (Fsp3) is 0.545. The van der Waals surface area contributed by atoms with Gasteiger partial charge >= 0.3 is 0 Å². The fourth-order valence-corrected chi connectivity index (χ4v) is 1.31. The largest absolute Gasteiger partial charge is 0.477 e. The molecule has 0 saturated heterocycles. The van der Waals surface area contributed by atoms with Gasteiger partial charge in [-0.15, -0.1) is 0 Å². The molecule has 0 atom stereocenters. The Morgan fingerprint density at radius 2 is 1.82 bits per heavy atom. The molecule has 0 aromatic carbocycles. The van der Waals surface area contributed by atoms with Crippen LogP contribution in [0.5, 0.6) is 5.75 Å². The zero-order valence-electron chi connectivity index (χ0n) is 10.8. The number of aromatic nitrogens is 2. The van der Waals surface area contributed by atoms with E-state index in [9.17, 15) is 4.79 Å². The summed E-state index contributed by atoms with van der Waals surface area (Å²) in [6.07, 6.45) is 0. The number of fused-ring (bicyclic) bond motifs is 1. The minimum absolute atomic E-state index is 0.0425. The Kier molecular flexibility index (Phi) is 7.21. The fourth-order valence-electron chi connectivity index (χ4n) is 1.05. The van der Waals surface area contributed by atoms with E-state index >= 15 is 0 Å². The highest BCUT2D eigenvalue weighted by molar-refractivity contribution is 6.31. The number of aryl methyl sites for hydroxylation is 1. The molecule has 0 aliphatic carbocycles. The number of nitrogens with one attached hydrogen (secondary N) is 1. The van der Waals surface area contributed by atoms with Gasteiger partial charge in [0.05, 0.1) is 0 Å². The van der Waals surface area contributed by atoms with E-state index < -0.39 is 0 Å². The van der Waals surface area contributed by atoms with Gasteiger partial charge in [0.1, 0.15) is 5.82 Å². The third-order valence-corrected chi connectivity index (χ3v) is 1.80. The Morgan fingerprint density at radius 1 is 1.24 bits per heavy atom. The zero-order chi connectivity index (χ0) is 13.4. The van der Waals surface area contributed by atoms with E-state index in [-0.39, 0.29) is 17.7 Å². The molecular weight excluding hydrogens is 242 g/mol. The van der Waals surface area contributed by atoms with Gasteiger partial charge in [-0.1, -0.05) is 39.3 Å². The average Bonchev–Trinajstić information content (AvgIpc) is 2.33. The molecular formula is C11H18ClN3O2. The highest BCUT2D eigenvalue weighted by Gasteiger charge is 2.21. The number of carbonyl (C=O) groups excluding carboxylic acids is 1. The molecule has 17 heavy (non-hydrogen) atoms. The van der Waals surface area contributed by atoms with E-state index in [0.29, 0.717) is 17.4 Å². The van der Waals surface area contributed by atoms with Crippen LogP contribution in [0.1, 0.15) is 33.5 Å². The maximum absolute atomic E-state index is 10.9. The van der Waals surface area contributed by atoms with Gasteiger partial charge in [0.2, 0.25) is 0 Å². The second kappa shape index (κ2) is 7.84. The highest BCUT2D eigenvalue weighted by Crippen LogP contribution is 2.31. The van der Waals surface area contributed by atoms with Crippen LogP contribution in [-0.4, -0.2) is 22.5 Å². The topological polar surface area (TPSA) is 64.1 Å². The van der Waals surface area contributed by atoms with Crippen LogP contribution < -0.4 is 10.1 Å². The van der Waals surface area contributed by atoms with Crippen molar-refractivity contribution < 1.29 is 9.53 Å². The van der Waals surface area contributed by atoms with Crippen molar-refractivity contribution in [1.29, 1.82) is 0 Å². The van der Waals surface area contributed by atoms with Crippen molar-refractivity contribution in [3.05, 3.63) is 11.0 Å². The first-order chi connectivity index (χ1) is 8.16. The van der Waals surface area contributed by atoms with Gasteiger partial charge in [0.15, 0.2) is 23.3 Å². The molecule has 0 spiro atoms. The van der Waals surface area contributed by atoms with Crippen LogP contribution in [0.25, 0.3) is 0 Å². The van der Waals surface area contributed by atoms with E-state index in [4.69, 9.17) is 16.3 Å². The zero-order valence-corrected chi connectivity index (χ0v) is 11.6. The summed E-state index contributed by atoms with van der Waals surface area (Å²) in [4.78, 5) is 18.8. The molecule has 0 saturated carbocycles. The Hall–Kier alpha value is -1.36. The van der Waals surface area contributed by atoms with Crippen LogP contribution >= 0.6 is 11.6 Å². The van der Waals surface area contributed by atoms with Crippen LogP contribution in [0.2, 0.25) is 5.15 Å². The van der Waals surface area contributed by atoms with Crippen molar-refractivity contribution in [2.24, 2.45) is 0 Å². The molecule has 1 aromatic rings. The molecule has 1 aliphatic rings. The van der Waals surface area contributed by atoms with Gasteiger partial charge in [-0.25, -0.2) is 9.97 Å². The number of ether oxygens (including phenoxy) is 1. The lowest BCUT2D eigenvalue weighted by molar-refractivity contribution is -0.118. The molecule has 2 rings (SSSR count). The van der Waals surface area contributed by atoms with Crippen LogP contribution in [0.4, 0.5) is 5.82 Å². The summed E-state index contributed by atoms with van der Waals surface area (Å²) in [5.41, 5.74) is 0. The summed E-state index contributed by atoms with van der Waals surface area (Å²) in [7, 11) is 0. The van der Waals surface area contributed by atoms with Crippen LogP contribution in [0, 0.1) is 6.92 Å². The predicted molar refractivity (Wildman–Crippen MR) is 68.6 cm³/mol. The van der Waals surface area contributed by atoms with Crippen molar-refractivity contribution in [1.82, 2.24) is 9.97 Å². The molecule has 0 fully saturated rings. The molecule has 1 N–H and O–H groups in total. The summed E-state index contributed by atoms with van der Waals surface area (Å²) >= 11 is 5.77. The van der Waals surface area contributed by atoms with Gasteiger partial charge in [0.25, 0.3) is 5.91 Å². The number of halogens is 1. The quantitative estimate of drug-likeness (QED) is 0.728. The molecule has 1 aromatic heterocycles. The Labute approximate surface area is 107 Å². The minimum atomic E-state index is -0.235. The van der Waals surface area contributed by atoms with E-state index in [1.165, 1.54) is 0 Å². The first kappa shape index (κ1) is 15.6. The molecule has 6 heteroatoms. The molecule has 0 bridgehead atoms. The summed E-state index contributed by atoms with van der Waals surface area (Å²) in [5, 5.41) is 2.77. The van der Waals surface area contributed by atoms with Gasteiger partial charge < -0.3 is 10.1 Å². The van der Waals surface area contributed by atoms with Crippen LogP contribution in [0.15, 0.2) is 0 Å². The molecule has 96 valence electrons. The van der Waals surface area contributed by atoms with Gasteiger partial charge in [-0.2, -0.15) is 0 Å². The van der Waals surface area contributed by atoms with Crippen molar-refractivity contribution in [2.45, 2.75) is 34.6 Å². The van der Waals surface area contributed by atoms with Crippen molar-refractivity contribution in [3.8, 4) is 5.75 Å². The molecule has 0 radical (unpaired) electrons. The van der Waals surface area contributed by atoms with Gasteiger partial charge in [-0.05, 0) is 6.92 Å². The van der Waals surface area contributed by atoms with Gasteiger partial charge in [0, 0.05) is 0 Å². The number of nitrogens with zero attached hydrogens (tertiary/aromatic N) is 2. The number of amides is 1. The molecule has 1 amide bonds.